The summed E-state index contributed by atoms with van der Waals surface area (Å²) in [7, 11) is 1.91. The van der Waals surface area contributed by atoms with Crippen molar-refractivity contribution in [2.75, 3.05) is 12.4 Å². The number of hydrogen-bond donors (Lipinski definition) is 1. The molecule has 98 valence electrons. The van der Waals surface area contributed by atoms with Gasteiger partial charge >= 0.3 is 0 Å². The molecule has 1 aromatic carbocycles. The normalized spacial score (nSPS) is 17.3. The minimum Gasteiger partial charge on any atom is -0.372 e. The van der Waals surface area contributed by atoms with Gasteiger partial charge in [-0.1, -0.05) is 24.3 Å². The summed E-state index contributed by atoms with van der Waals surface area (Å²) in [6.07, 6.45) is 2.24. The van der Waals surface area contributed by atoms with Crippen LogP contribution in [0.4, 0.5) is 5.82 Å². The van der Waals surface area contributed by atoms with Crippen LogP contribution in [0.3, 0.4) is 0 Å². The highest BCUT2D eigenvalue weighted by molar-refractivity contribution is 14.1. The second-order valence-corrected chi connectivity index (χ2v) is 5.95. The predicted octanol–water partition coefficient (Wildman–Crippen LogP) is 3.51. The lowest BCUT2D eigenvalue weighted by Crippen LogP contribution is -2.09. The van der Waals surface area contributed by atoms with Crippen LogP contribution in [0.15, 0.2) is 24.3 Å². The quantitative estimate of drug-likeness (QED) is 0.828. The van der Waals surface area contributed by atoms with Crippen LogP contribution in [0, 0.1) is 10.5 Å². The molecule has 0 saturated carbocycles. The van der Waals surface area contributed by atoms with Gasteiger partial charge in [-0.25, -0.2) is 9.97 Å². The lowest BCUT2D eigenvalue weighted by Gasteiger charge is -2.14. The fourth-order valence-electron chi connectivity index (χ4n) is 2.73. The SMILES string of the molecule is CNc1nc(C2CCc3ccccc32)nc(C)c1I. The molecular formula is C15H16IN3. The van der Waals surface area contributed by atoms with Gasteiger partial charge in [0.1, 0.15) is 11.6 Å². The number of hydrogen-bond acceptors (Lipinski definition) is 3. The van der Waals surface area contributed by atoms with Crippen LogP contribution in [0.1, 0.15) is 35.0 Å². The van der Waals surface area contributed by atoms with Crippen molar-refractivity contribution in [3.63, 3.8) is 0 Å². The average Bonchev–Trinajstić information content (AvgIpc) is 2.85. The molecule has 19 heavy (non-hydrogen) atoms. The third kappa shape index (κ3) is 2.22. The second kappa shape index (κ2) is 5.07. The van der Waals surface area contributed by atoms with Crippen molar-refractivity contribution in [1.82, 2.24) is 9.97 Å². The molecule has 0 amide bonds. The Morgan fingerprint density at radius 1 is 1.26 bits per heavy atom. The molecule has 0 spiro atoms. The molecule has 1 aliphatic carbocycles. The van der Waals surface area contributed by atoms with Gasteiger partial charge in [0.2, 0.25) is 0 Å². The maximum absolute atomic E-state index is 4.70. The van der Waals surface area contributed by atoms with Crippen molar-refractivity contribution in [3.8, 4) is 0 Å². The largest absolute Gasteiger partial charge is 0.372 e. The molecule has 0 radical (unpaired) electrons. The molecule has 0 saturated heterocycles. The first-order valence-electron chi connectivity index (χ1n) is 6.50. The standard InChI is InChI=1S/C15H16IN3/c1-9-13(16)15(17-2)19-14(18-9)12-8-7-10-5-3-4-6-11(10)12/h3-6,12H,7-8H2,1-2H3,(H,17,18,19). The summed E-state index contributed by atoms with van der Waals surface area (Å²) in [5.41, 5.74) is 3.89. The molecule has 0 bridgehead atoms. The lowest BCUT2D eigenvalue weighted by molar-refractivity contribution is 0.723. The molecule has 0 fully saturated rings. The maximum atomic E-state index is 4.70. The number of anilines is 1. The molecule has 1 aromatic heterocycles. The predicted molar refractivity (Wildman–Crippen MR) is 85.6 cm³/mol. The summed E-state index contributed by atoms with van der Waals surface area (Å²) >= 11 is 2.30. The van der Waals surface area contributed by atoms with Gasteiger partial charge in [-0.2, -0.15) is 0 Å². The summed E-state index contributed by atoms with van der Waals surface area (Å²) in [4.78, 5) is 9.41. The van der Waals surface area contributed by atoms with E-state index < -0.39 is 0 Å². The van der Waals surface area contributed by atoms with Gasteiger partial charge in [-0.15, -0.1) is 0 Å². The highest BCUT2D eigenvalue weighted by atomic mass is 127. The van der Waals surface area contributed by atoms with Crippen LogP contribution in [-0.2, 0) is 6.42 Å². The number of fused-ring (bicyclic) bond motifs is 1. The molecule has 2 aromatic rings. The van der Waals surface area contributed by atoms with Gasteiger partial charge in [-0.3, -0.25) is 0 Å². The molecule has 0 aliphatic heterocycles. The fourth-order valence-corrected chi connectivity index (χ4v) is 3.24. The number of benzene rings is 1. The van der Waals surface area contributed by atoms with Gasteiger partial charge in [0.15, 0.2) is 0 Å². The molecule has 1 heterocycles. The minimum absolute atomic E-state index is 0.346. The third-order valence-corrected chi connectivity index (χ3v) is 5.01. The Labute approximate surface area is 127 Å². The zero-order valence-electron chi connectivity index (χ0n) is 11.1. The maximum Gasteiger partial charge on any atom is 0.143 e. The van der Waals surface area contributed by atoms with Crippen molar-refractivity contribution in [1.29, 1.82) is 0 Å². The number of nitrogens with zero attached hydrogens (tertiary/aromatic N) is 2. The average molecular weight is 365 g/mol. The van der Waals surface area contributed by atoms with E-state index >= 15 is 0 Å². The molecule has 4 heteroatoms. The lowest BCUT2D eigenvalue weighted by atomic mass is 10.0. The van der Waals surface area contributed by atoms with E-state index in [2.05, 4.69) is 59.1 Å². The van der Waals surface area contributed by atoms with Gasteiger partial charge in [-0.05, 0) is 53.5 Å². The molecule has 1 N–H and O–H groups in total. The van der Waals surface area contributed by atoms with E-state index in [-0.39, 0.29) is 0 Å². The van der Waals surface area contributed by atoms with E-state index in [9.17, 15) is 0 Å². The molecule has 1 aliphatic rings. The number of nitrogens with one attached hydrogen (secondary N) is 1. The van der Waals surface area contributed by atoms with Crippen LogP contribution in [0.2, 0.25) is 0 Å². The monoisotopic (exact) mass is 365 g/mol. The summed E-state index contributed by atoms with van der Waals surface area (Å²) in [5, 5.41) is 3.17. The highest BCUT2D eigenvalue weighted by Gasteiger charge is 2.26. The third-order valence-electron chi connectivity index (χ3n) is 3.72. The molecule has 3 rings (SSSR count). The van der Waals surface area contributed by atoms with Gasteiger partial charge in [0, 0.05) is 13.0 Å². The first-order chi connectivity index (χ1) is 9.20. The summed E-state index contributed by atoms with van der Waals surface area (Å²) in [6.45, 7) is 2.05. The minimum atomic E-state index is 0.346. The zero-order chi connectivity index (χ0) is 13.4. The van der Waals surface area contributed by atoms with Crippen LogP contribution in [-0.4, -0.2) is 17.0 Å². The van der Waals surface area contributed by atoms with Gasteiger partial charge in [0.05, 0.1) is 9.26 Å². The molecule has 1 unspecified atom stereocenters. The van der Waals surface area contributed by atoms with E-state index in [4.69, 9.17) is 9.97 Å². The van der Waals surface area contributed by atoms with E-state index in [0.29, 0.717) is 5.92 Å². The Morgan fingerprint density at radius 3 is 2.84 bits per heavy atom. The van der Waals surface area contributed by atoms with Crippen LogP contribution < -0.4 is 5.32 Å². The number of halogens is 1. The molecular weight excluding hydrogens is 349 g/mol. The Balaban J connectivity index is 2.07. The first kappa shape index (κ1) is 12.8. The van der Waals surface area contributed by atoms with Crippen molar-refractivity contribution in [2.45, 2.75) is 25.7 Å². The summed E-state index contributed by atoms with van der Waals surface area (Å²) < 4.78 is 1.11. The van der Waals surface area contributed by atoms with E-state index in [1.165, 1.54) is 11.1 Å². The Kier molecular flexibility index (Phi) is 3.43. The Bertz CT molecular complexity index is 625. The van der Waals surface area contributed by atoms with Crippen LogP contribution in [0.25, 0.3) is 0 Å². The fraction of sp³-hybridized carbons (Fsp3) is 0.333. The summed E-state index contributed by atoms with van der Waals surface area (Å²) in [5.74, 6) is 2.23. The van der Waals surface area contributed by atoms with Gasteiger partial charge < -0.3 is 5.32 Å². The van der Waals surface area contributed by atoms with Crippen molar-refractivity contribution < 1.29 is 0 Å². The second-order valence-electron chi connectivity index (χ2n) is 4.87. The van der Waals surface area contributed by atoms with Crippen molar-refractivity contribution in [2.24, 2.45) is 0 Å². The van der Waals surface area contributed by atoms with Gasteiger partial charge in [0.25, 0.3) is 0 Å². The zero-order valence-corrected chi connectivity index (χ0v) is 13.2. The first-order valence-corrected chi connectivity index (χ1v) is 7.58. The van der Waals surface area contributed by atoms with E-state index in [1.54, 1.807) is 0 Å². The Morgan fingerprint density at radius 2 is 2.05 bits per heavy atom. The molecule has 1 atom stereocenters. The number of aromatic nitrogens is 2. The smallest absolute Gasteiger partial charge is 0.143 e. The molecule has 3 nitrogen and oxygen atoms in total. The van der Waals surface area contributed by atoms with E-state index in [0.717, 1.165) is 33.7 Å². The van der Waals surface area contributed by atoms with Crippen LogP contribution in [0.5, 0.6) is 0 Å². The number of rotatable bonds is 2. The Hall–Kier alpha value is -1.17. The summed E-state index contributed by atoms with van der Waals surface area (Å²) in [6, 6.07) is 8.65. The van der Waals surface area contributed by atoms with Crippen LogP contribution >= 0.6 is 22.6 Å². The number of aryl methyl sites for hydroxylation is 2. The van der Waals surface area contributed by atoms with E-state index in [1.807, 2.05) is 7.05 Å². The van der Waals surface area contributed by atoms with Crippen molar-refractivity contribution >= 4 is 28.4 Å². The highest BCUT2D eigenvalue weighted by Crippen LogP contribution is 2.37. The van der Waals surface area contributed by atoms with Crippen molar-refractivity contribution in [3.05, 3.63) is 50.5 Å². The topological polar surface area (TPSA) is 37.8 Å².